The van der Waals surface area contributed by atoms with Gasteiger partial charge in [-0.3, -0.25) is 4.79 Å². The Morgan fingerprint density at radius 2 is 1.88 bits per heavy atom. The quantitative estimate of drug-likeness (QED) is 0.696. The summed E-state index contributed by atoms with van der Waals surface area (Å²) in [6.07, 6.45) is 6.91. The van der Waals surface area contributed by atoms with Gasteiger partial charge in [0, 0.05) is 25.5 Å². The fraction of sp³-hybridized carbons (Fsp3) is 0.143. The van der Waals surface area contributed by atoms with Crippen molar-refractivity contribution in [1.29, 1.82) is 0 Å². The number of benzene rings is 2. The molecule has 0 aliphatic carbocycles. The Kier molecular flexibility index (Phi) is 5.49. The van der Waals surface area contributed by atoms with Gasteiger partial charge in [-0.15, -0.1) is 0 Å². The molecule has 0 bridgehead atoms. The van der Waals surface area contributed by atoms with Crippen molar-refractivity contribution >= 4 is 12.0 Å². The second-order valence-electron chi connectivity index (χ2n) is 5.86. The van der Waals surface area contributed by atoms with Gasteiger partial charge in [0.1, 0.15) is 17.6 Å². The number of methoxy groups -OCH3 is 1. The minimum atomic E-state index is -0.353. The predicted molar refractivity (Wildman–Crippen MR) is 102 cm³/mol. The van der Waals surface area contributed by atoms with Crippen molar-refractivity contribution in [2.45, 2.75) is 6.04 Å². The van der Waals surface area contributed by atoms with E-state index in [0.717, 1.165) is 22.7 Å². The van der Waals surface area contributed by atoms with Crippen molar-refractivity contribution in [3.63, 3.8) is 0 Å². The Morgan fingerprint density at radius 1 is 1.15 bits per heavy atom. The van der Waals surface area contributed by atoms with E-state index >= 15 is 0 Å². The van der Waals surface area contributed by atoms with Crippen molar-refractivity contribution in [3.8, 4) is 5.75 Å². The maximum absolute atomic E-state index is 12.5. The monoisotopic (exact) mass is 347 g/mol. The average molecular weight is 347 g/mol. The molecule has 0 saturated carbocycles. The average Bonchev–Trinajstić information content (AvgIpc) is 3.11. The molecule has 0 saturated heterocycles. The predicted octanol–water partition coefficient (Wildman–Crippen LogP) is 3.35. The highest BCUT2D eigenvalue weighted by atomic mass is 16.5. The van der Waals surface area contributed by atoms with Gasteiger partial charge in [-0.05, 0) is 29.3 Å². The van der Waals surface area contributed by atoms with Crippen LogP contribution in [0.25, 0.3) is 6.08 Å². The van der Waals surface area contributed by atoms with Gasteiger partial charge in [-0.2, -0.15) is 0 Å². The standard InChI is InChI=1S/C21H21N3O2/c1-24-15-14-22-21(24)20(17-9-11-18(26-2)12-10-17)23-19(25)13-8-16-6-4-3-5-7-16/h3-15,20H,1-2H3,(H,23,25)/b13-8+. The largest absolute Gasteiger partial charge is 0.497 e. The molecule has 0 radical (unpaired) electrons. The third-order valence-electron chi connectivity index (χ3n) is 4.08. The van der Waals surface area contributed by atoms with Crippen LogP contribution in [-0.2, 0) is 11.8 Å². The summed E-state index contributed by atoms with van der Waals surface area (Å²) in [4.78, 5) is 16.9. The van der Waals surface area contributed by atoms with Gasteiger partial charge in [-0.25, -0.2) is 4.98 Å². The Labute approximate surface area is 153 Å². The molecule has 5 heteroatoms. The summed E-state index contributed by atoms with van der Waals surface area (Å²) in [5.41, 5.74) is 1.90. The highest BCUT2D eigenvalue weighted by Gasteiger charge is 2.19. The number of aromatic nitrogens is 2. The van der Waals surface area contributed by atoms with E-state index in [4.69, 9.17) is 4.74 Å². The van der Waals surface area contributed by atoms with E-state index in [1.807, 2.05) is 72.4 Å². The third-order valence-corrected chi connectivity index (χ3v) is 4.08. The van der Waals surface area contributed by atoms with E-state index in [9.17, 15) is 4.79 Å². The van der Waals surface area contributed by atoms with E-state index in [-0.39, 0.29) is 11.9 Å². The lowest BCUT2D eigenvalue weighted by molar-refractivity contribution is -0.117. The van der Waals surface area contributed by atoms with Gasteiger partial charge >= 0.3 is 0 Å². The Hall–Kier alpha value is -3.34. The van der Waals surface area contributed by atoms with Gasteiger partial charge in [0.25, 0.3) is 0 Å². The fourth-order valence-electron chi connectivity index (χ4n) is 2.68. The molecule has 0 spiro atoms. The molecular formula is C21H21N3O2. The van der Waals surface area contributed by atoms with Crippen molar-refractivity contribution < 1.29 is 9.53 Å². The molecule has 3 aromatic rings. The summed E-state index contributed by atoms with van der Waals surface area (Å²) in [6, 6.07) is 17.0. The van der Waals surface area contributed by atoms with Crippen LogP contribution in [0.3, 0.4) is 0 Å². The molecule has 0 fully saturated rings. The Balaban J connectivity index is 1.82. The highest BCUT2D eigenvalue weighted by molar-refractivity contribution is 5.92. The number of imidazole rings is 1. The summed E-state index contributed by atoms with van der Waals surface area (Å²) in [7, 11) is 3.53. The number of rotatable bonds is 6. The van der Waals surface area contributed by atoms with Gasteiger partial charge in [-0.1, -0.05) is 42.5 Å². The molecule has 0 aliphatic heterocycles. The number of amides is 1. The first-order valence-electron chi connectivity index (χ1n) is 8.32. The first-order chi connectivity index (χ1) is 12.7. The van der Waals surface area contributed by atoms with Crippen LogP contribution in [0.5, 0.6) is 5.75 Å². The molecule has 1 N–H and O–H groups in total. The number of nitrogens with zero attached hydrogens (tertiary/aromatic N) is 2. The highest BCUT2D eigenvalue weighted by Crippen LogP contribution is 2.23. The smallest absolute Gasteiger partial charge is 0.244 e. The lowest BCUT2D eigenvalue weighted by Crippen LogP contribution is -2.29. The number of nitrogens with one attached hydrogen (secondary N) is 1. The van der Waals surface area contributed by atoms with Crippen molar-refractivity contribution in [2.75, 3.05) is 7.11 Å². The summed E-state index contributed by atoms with van der Waals surface area (Å²) >= 11 is 0. The van der Waals surface area contributed by atoms with Gasteiger partial charge in [0.05, 0.1) is 7.11 Å². The van der Waals surface area contributed by atoms with Crippen LogP contribution in [0.4, 0.5) is 0 Å². The van der Waals surface area contributed by atoms with E-state index in [1.165, 1.54) is 6.08 Å². The molecule has 1 heterocycles. The topological polar surface area (TPSA) is 56.1 Å². The van der Waals surface area contributed by atoms with Gasteiger partial charge in [0.15, 0.2) is 0 Å². The lowest BCUT2D eigenvalue weighted by atomic mass is 10.1. The van der Waals surface area contributed by atoms with Crippen LogP contribution >= 0.6 is 0 Å². The van der Waals surface area contributed by atoms with Gasteiger partial charge in [0.2, 0.25) is 5.91 Å². The van der Waals surface area contributed by atoms with Gasteiger partial charge < -0.3 is 14.6 Å². The SMILES string of the molecule is COc1ccc(C(NC(=O)/C=C/c2ccccc2)c2nccn2C)cc1. The number of hydrogen-bond acceptors (Lipinski definition) is 3. The summed E-state index contributed by atoms with van der Waals surface area (Å²) in [6.45, 7) is 0. The second kappa shape index (κ2) is 8.16. The molecular weight excluding hydrogens is 326 g/mol. The normalized spacial score (nSPS) is 12.1. The number of carbonyl (C=O) groups excluding carboxylic acids is 1. The number of ether oxygens (including phenoxy) is 1. The fourth-order valence-corrected chi connectivity index (χ4v) is 2.68. The van der Waals surface area contributed by atoms with Crippen LogP contribution in [0.2, 0.25) is 0 Å². The van der Waals surface area contributed by atoms with E-state index in [0.29, 0.717) is 0 Å². The van der Waals surface area contributed by atoms with E-state index in [1.54, 1.807) is 19.4 Å². The van der Waals surface area contributed by atoms with E-state index in [2.05, 4.69) is 10.3 Å². The molecule has 0 aliphatic rings. The molecule has 5 nitrogen and oxygen atoms in total. The zero-order chi connectivity index (χ0) is 18.4. The zero-order valence-corrected chi connectivity index (χ0v) is 14.8. The van der Waals surface area contributed by atoms with Crippen molar-refractivity contribution in [1.82, 2.24) is 14.9 Å². The Morgan fingerprint density at radius 3 is 2.50 bits per heavy atom. The maximum atomic E-state index is 12.5. The molecule has 3 rings (SSSR count). The van der Waals surface area contributed by atoms with E-state index < -0.39 is 0 Å². The van der Waals surface area contributed by atoms with Crippen LogP contribution in [0.1, 0.15) is 23.0 Å². The zero-order valence-electron chi connectivity index (χ0n) is 14.8. The molecule has 132 valence electrons. The molecule has 1 amide bonds. The summed E-state index contributed by atoms with van der Waals surface area (Å²) in [5, 5.41) is 3.03. The lowest BCUT2D eigenvalue weighted by Gasteiger charge is -2.18. The molecule has 1 atom stereocenters. The molecule has 26 heavy (non-hydrogen) atoms. The van der Waals surface area contributed by atoms with Crippen LogP contribution in [0, 0.1) is 0 Å². The maximum Gasteiger partial charge on any atom is 0.244 e. The number of hydrogen-bond donors (Lipinski definition) is 1. The molecule has 1 aromatic heterocycles. The van der Waals surface area contributed by atoms with Crippen LogP contribution in [0.15, 0.2) is 73.1 Å². The molecule has 2 aromatic carbocycles. The first-order valence-corrected chi connectivity index (χ1v) is 8.32. The third kappa shape index (κ3) is 4.19. The van der Waals surface area contributed by atoms with Crippen LogP contribution < -0.4 is 10.1 Å². The number of aryl methyl sites for hydroxylation is 1. The summed E-state index contributed by atoms with van der Waals surface area (Å²) < 4.78 is 7.11. The molecule has 1 unspecified atom stereocenters. The summed E-state index contributed by atoms with van der Waals surface area (Å²) in [5.74, 6) is 1.34. The van der Waals surface area contributed by atoms with Crippen molar-refractivity contribution in [2.24, 2.45) is 7.05 Å². The van der Waals surface area contributed by atoms with Crippen LogP contribution in [-0.4, -0.2) is 22.6 Å². The van der Waals surface area contributed by atoms with Crippen molar-refractivity contribution in [3.05, 3.63) is 90.0 Å². The minimum Gasteiger partial charge on any atom is -0.497 e. The number of carbonyl (C=O) groups is 1. The first kappa shape index (κ1) is 17.5. The second-order valence-corrected chi connectivity index (χ2v) is 5.86. The minimum absolute atomic E-state index is 0.183. The Bertz CT molecular complexity index is 883.